The van der Waals surface area contributed by atoms with Crippen molar-refractivity contribution in [3.63, 3.8) is 0 Å². The van der Waals surface area contributed by atoms with Crippen molar-refractivity contribution in [3.05, 3.63) is 88.1 Å². The number of benzene rings is 2. The van der Waals surface area contributed by atoms with Gasteiger partial charge in [-0.2, -0.15) is 0 Å². The van der Waals surface area contributed by atoms with Gasteiger partial charge in [-0.15, -0.1) is 11.3 Å². The second-order valence-corrected chi connectivity index (χ2v) is 9.44. The van der Waals surface area contributed by atoms with Gasteiger partial charge in [-0.1, -0.05) is 48.5 Å². The predicted molar refractivity (Wildman–Crippen MR) is 135 cm³/mol. The molecule has 2 amide bonds. The fourth-order valence-electron chi connectivity index (χ4n) is 4.35. The normalized spacial score (nSPS) is 14.2. The monoisotopic (exact) mass is 461 g/mol. The van der Waals surface area contributed by atoms with E-state index in [2.05, 4.69) is 22.3 Å². The predicted octanol–water partition coefficient (Wildman–Crippen LogP) is 4.74. The Balaban J connectivity index is 1.38. The number of carbonyl (C=O) groups is 2. The molecule has 2 aromatic carbocycles. The first-order valence-electron chi connectivity index (χ1n) is 11.6. The number of piperidine rings is 1. The molecule has 0 bridgehead atoms. The van der Waals surface area contributed by atoms with Crippen LogP contribution in [0.4, 0.5) is 5.69 Å². The Kier molecular flexibility index (Phi) is 7.79. The van der Waals surface area contributed by atoms with Crippen LogP contribution in [0.1, 0.15) is 40.6 Å². The Hall–Kier alpha value is -3.12. The Morgan fingerprint density at radius 2 is 1.73 bits per heavy atom. The topological polar surface area (TPSA) is 52.7 Å². The molecule has 1 saturated heterocycles. The third kappa shape index (κ3) is 6.02. The summed E-state index contributed by atoms with van der Waals surface area (Å²) in [4.78, 5) is 31.1. The molecule has 0 spiro atoms. The Morgan fingerprint density at radius 1 is 1.00 bits per heavy atom. The number of hydrogen-bond donors (Lipinski definition) is 1. The highest BCUT2D eigenvalue weighted by molar-refractivity contribution is 7.10. The number of nitrogens with zero attached hydrogens (tertiary/aromatic N) is 2. The molecule has 1 aromatic heterocycles. The van der Waals surface area contributed by atoms with Gasteiger partial charge in [-0.3, -0.25) is 9.59 Å². The molecule has 0 atom stereocenters. The first-order valence-corrected chi connectivity index (χ1v) is 12.5. The second-order valence-electron chi connectivity index (χ2n) is 8.41. The van der Waals surface area contributed by atoms with Crippen LogP contribution in [0.5, 0.6) is 0 Å². The van der Waals surface area contributed by atoms with Gasteiger partial charge in [0.25, 0.3) is 5.91 Å². The summed E-state index contributed by atoms with van der Waals surface area (Å²) in [5, 5.41) is 5.19. The van der Waals surface area contributed by atoms with Crippen LogP contribution in [0.25, 0.3) is 0 Å². The van der Waals surface area contributed by atoms with E-state index in [1.54, 1.807) is 11.3 Å². The Morgan fingerprint density at radius 3 is 2.42 bits per heavy atom. The summed E-state index contributed by atoms with van der Waals surface area (Å²) in [5.41, 5.74) is 2.86. The summed E-state index contributed by atoms with van der Waals surface area (Å²) in [6.45, 7) is 4.91. The molecule has 2 heterocycles. The average Bonchev–Trinajstić information content (AvgIpc) is 3.36. The van der Waals surface area contributed by atoms with E-state index >= 15 is 0 Å². The number of nitrogens with one attached hydrogen (secondary N) is 1. The molecule has 5 nitrogen and oxygen atoms in total. The van der Waals surface area contributed by atoms with E-state index in [9.17, 15) is 9.59 Å². The summed E-state index contributed by atoms with van der Waals surface area (Å²) in [6, 6.07) is 22.2. The van der Waals surface area contributed by atoms with E-state index < -0.39 is 0 Å². The average molecular weight is 462 g/mol. The molecule has 1 aliphatic heterocycles. The van der Waals surface area contributed by atoms with E-state index in [-0.39, 0.29) is 17.9 Å². The number of para-hydroxylation sites is 1. The van der Waals surface area contributed by atoms with Crippen molar-refractivity contribution in [2.45, 2.75) is 38.8 Å². The molecule has 1 aliphatic rings. The SMILES string of the molecule is CCN(Cc1ccccc1)C(=O)c1ccccc1N1CCC(NC(=O)Cc2cccs2)CC1. The van der Waals surface area contributed by atoms with Crippen molar-refractivity contribution in [2.24, 2.45) is 0 Å². The minimum absolute atomic E-state index is 0.0586. The van der Waals surface area contributed by atoms with Crippen LogP contribution >= 0.6 is 11.3 Å². The van der Waals surface area contributed by atoms with Crippen LogP contribution in [-0.2, 0) is 17.8 Å². The van der Waals surface area contributed by atoms with Crippen molar-refractivity contribution >= 4 is 28.8 Å². The summed E-state index contributed by atoms with van der Waals surface area (Å²) >= 11 is 1.61. The van der Waals surface area contributed by atoms with Crippen molar-refractivity contribution in [3.8, 4) is 0 Å². The van der Waals surface area contributed by atoms with E-state index in [0.717, 1.165) is 47.6 Å². The number of thiophene rings is 1. The molecule has 4 rings (SSSR count). The lowest BCUT2D eigenvalue weighted by Gasteiger charge is -2.35. The fraction of sp³-hybridized carbons (Fsp3) is 0.333. The van der Waals surface area contributed by atoms with Crippen LogP contribution in [0.2, 0.25) is 0 Å². The van der Waals surface area contributed by atoms with E-state index in [1.165, 1.54) is 0 Å². The Labute approximate surface area is 200 Å². The van der Waals surface area contributed by atoms with Crippen molar-refractivity contribution in [1.82, 2.24) is 10.2 Å². The standard InChI is InChI=1S/C27H31N3O2S/c1-2-29(20-21-9-4-3-5-10-21)27(32)24-12-6-7-13-25(24)30-16-14-22(15-17-30)28-26(31)19-23-11-8-18-33-23/h3-13,18,22H,2,14-17,19-20H2,1H3,(H,28,31). The van der Waals surface area contributed by atoms with Gasteiger partial charge in [-0.25, -0.2) is 0 Å². The molecule has 1 fully saturated rings. The van der Waals surface area contributed by atoms with Gasteiger partial charge in [-0.05, 0) is 48.9 Å². The zero-order valence-corrected chi connectivity index (χ0v) is 19.9. The molecular formula is C27H31N3O2S. The van der Waals surface area contributed by atoms with Crippen molar-refractivity contribution in [1.29, 1.82) is 0 Å². The smallest absolute Gasteiger partial charge is 0.256 e. The maximum atomic E-state index is 13.4. The molecule has 0 unspecified atom stereocenters. The van der Waals surface area contributed by atoms with Crippen LogP contribution in [-0.4, -0.2) is 42.4 Å². The number of anilines is 1. The van der Waals surface area contributed by atoms with Crippen LogP contribution in [0, 0.1) is 0 Å². The number of carbonyl (C=O) groups excluding carboxylic acids is 2. The quantitative estimate of drug-likeness (QED) is 0.527. The van der Waals surface area contributed by atoms with Crippen LogP contribution < -0.4 is 10.2 Å². The van der Waals surface area contributed by atoms with Gasteiger partial charge >= 0.3 is 0 Å². The summed E-state index contributed by atoms with van der Waals surface area (Å²) in [6.07, 6.45) is 2.20. The van der Waals surface area contributed by atoms with Crippen molar-refractivity contribution in [2.75, 3.05) is 24.5 Å². The summed E-state index contributed by atoms with van der Waals surface area (Å²) in [5.74, 6) is 0.148. The Bertz CT molecular complexity index is 1040. The number of amides is 2. The molecular weight excluding hydrogens is 430 g/mol. The van der Waals surface area contributed by atoms with E-state index in [0.29, 0.717) is 19.5 Å². The van der Waals surface area contributed by atoms with Gasteiger partial charge < -0.3 is 15.1 Å². The maximum Gasteiger partial charge on any atom is 0.256 e. The van der Waals surface area contributed by atoms with Gasteiger partial charge in [0, 0.05) is 42.8 Å². The lowest BCUT2D eigenvalue weighted by atomic mass is 10.0. The zero-order valence-electron chi connectivity index (χ0n) is 19.1. The molecule has 33 heavy (non-hydrogen) atoms. The third-order valence-electron chi connectivity index (χ3n) is 6.14. The molecule has 0 saturated carbocycles. The highest BCUT2D eigenvalue weighted by Gasteiger charge is 2.25. The fourth-order valence-corrected chi connectivity index (χ4v) is 5.05. The van der Waals surface area contributed by atoms with E-state index in [4.69, 9.17) is 0 Å². The van der Waals surface area contributed by atoms with Crippen LogP contribution in [0.3, 0.4) is 0 Å². The molecule has 6 heteroatoms. The van der Waals surface area contributed by atoms with Gasteiger partial charge in [0.2, 0.25) is 5.91 Å². The molecule has 1 N–H and O–H groups in total. The third-order valence-corrected chi connectivity index (χ3v) is 7.01. The molecule has 172 valence electrons. The largest absolute Gasteiger partial charge is 0.371 e. The first kappa shape index (κ1) is 23.1. The lowest BCUT2D eigenvalue weighted by molar-refractivity contribution is -0.121. The molecule has 0 radical (unpaired) electrons. The highest BCUT2D eigenvalue weighted by Crippen LogP contribution is 2.26. The van der Waals surface area contributed by atoms with Crippen LogP contribution in [0.15, 0.2) is 72.1 Å². The highest BCUT2D eigenvalue weighted by atomic mass is 32.1. The van der Waals surface area contributed by atoms with Gasteiger partial charge in [0.05, 0.1) is 12.0 Å². The maximum absolute atomic E-state index is 13.4. The van der Waals surface area contributed by atoms with Crippen molar-refractivity contribution < 1.29 is 9.59 Å². The molecule has 3 aromatic rings. The summed E-state index contributed by atoms with van der Waals surface area (Å²) in [7, 11) is 0. The minimum atomic E-state index is 0.0586. The van der Waals surface area contributed by atoms with Gasteiger partial charge in [0.1, 0.15) is 0 Å². The number of rotatable bonds is 8. The molecule has 0 aliphatic carbocycles. The second kappa shape index (κ2) is 11.1. The van der Waals surface area contributed by atoms with Gasteiger partial charge in [0.15, 0.2) is 0 Å². The zero-order chi connectivity index (χ0) is 23.0. The first-order chi connectivity index (χ1) is 16.1. The summed E-state index contributed by atoms with van der Waals surface area (Å²) < 4.78 is 0. The van der Waals surface area contributed by atoms with E-state index in [1.807, 2.05) is 71.8 Å². The lowest BCUT2D eigenvalue weighted by Crippen LogP contribution is -2.45. The number of hydrogen-bond acceptors (Lipinski definition) is 4. The minimum Gasteiger partial charge on any atom is -0.371 e.